The molecule has 2 saturated heterocycles. The minimum atomic E-state index is -0.417. The first-order valence-corrected chi connectivity index (χ1v) is 14.1. The zero-order valence-electron chi connectivity index (χ0n) is 17.1. The molecule has 14 fully saturated rings. The van der Waals surface area contributed by atoms with Crippen LogP contribution in [0, 0.1) is 71.0 Å². The first-order chi connectivity index (χ1) is 15.5. The van der Waals surface area contributed by atoms with E-state index in [2.05, 4.69) is 42.5 Å². The van der Waals surface area contributed by atoms with Crippen molar-refractivity contribution >= 4 is 37.9 Å². The van der Waals surface area contributed by atoms with E-state index in [1.165, 1.54) is 0 Å². The Morgan fingerprint density at radius 3 is 1.34 bits per heavy atom. The SMILES string of the molecule is O=C(N[C@]12[C@@H]3[C@@H]4[C@H]5[C@@H]1[C@@H]2[C@@](Br)([C@H]43)C51OCCO1)N[C@]12[C@@H]3[C@@H]4[C@H]5[C@@H]1[C@@H]2[C@@](Br)([C@@H]43)C51OCCO1. The van der Waals surface area contributed by atoms with E-state index in [0.29, 0.717) is 97.4 Å². The molecule has 14 aliphatic rings. The van der Waals surface area contributed by atoms with Gasteiger partial charge in [-0.25, -0.2) is 4.79 Å². The maximum atomic E-state index is 13.6. The standard InChI is InChI=1S/C23H22Br2N2O5/c24-20-9-5-7(9)18(13(15(18)20)11(5)22(20)29-1-2-30-22)26-17(28)27-19-8-6-10(8)21(25)16(19)14(19)12(6)23(21)31-3-4-32-23/h5-16H,1-4H2,(H2,26,27,28)/t5-,6-,7+,8+,9-,10+,11-,12-,13+,14+,15-,16-,18+,19+,20-,21-/m0/s1. The lowest BCUT2D eigenvalue weighted by Crippen LogP contribution is -2.56. The maximum absolute atomic E-state index is 13.6. The number of carbonyl (C=O) groups is 1. The molecule has 168 valence electrons. The Labute approximate surface area is 200 Å². The minimum Gasteiger partial charge on any atom is -0.346 e. The number of alkyl halides is 2. The summed E-state index contributed by atoms with van der Waals surface area (Å²) in [6.45, 7) is 2.81. The first kappa shape index (κ1) is 16.7. The number of amides is 2. The Morgan fingerprint density at radius 2 is 1.03 bits per heavy atom. The van der Waals surface area contributed by atoms with E-state index in [0.717, 1.165) is 0 Å². The van der Waals surface area contributed by atoms with Crippen LogP contribution in [0.1, 0.15) is 0 Å². The van der Waals surface area contributed by atoms with E-state index in [4.69, 9.17) is 18.9 Å². The van der Waals surface area contributed by atoms with Gasteiger partial charge in [0.05, 0.1) is 46.2 Å². The molecule has 0 aromatic heterocycles. The Kier molecular flexibility index (Phi) is 2.02. The van der Waals surface area contributed by atoms with Crippen molar-refractivity contribution < 1.29 is 23.7 Å². The van der Waals surface area contributed by atoms with Crippen molar-refractivity contribution in [3.8, 4) is 0 Å². The molecule has 2 spiro atoms. The highest BCUT2D eigenvalue weighted by Crippen LogP contribution is 3.03. The Hall–Kier alpha value is 0.0700. The van der Waals surface area contributed by atoms with Crippen LogP contribution in [0.4, 0.5) is 4.79 Å². The van der Waals surface area contributed by atoms with E-state index in [1.807, 2.05) is 0 Å². The highest BCUT2D eigenvalue weighted by Gasteiger charge is 3.11. The van der Waals surface area contributed by atoms with E-state index >= 15 is 0 Å². The maximum Gasteiger partial charge on any atom is 0.315 e. The minimum absolute atomic E-state index is 0.0203. The summed E-state index contributed by atoms with van der Waals surface area (Å²) in [5.74, 6) is 5.80. The molecule has 12 saturated carbocycles. The molecular formula is C23H22Br2N2O5. The van der Waals surface area contributed by atoms with Crippen LogP contribution in [0.25, 0.3) is 0 Å². The molecule has 9 heteroatoms. The summed E-state index contributed by atoms with van der Waals surface area (Å²) in [6, 6.07) is 0.0713. The van der Waals surface area contributed by atoms with Gasteiger partial charge in [0.15, 0.2) is 11.6 Å². The summed E-state index contributed by atoms with van der Waals surface area (Å²) in [4.78, 5) is 13.6. The summed E-state index contributed by atoms with van der Waals surface area (Å²) in [5.41, 5.74) is -0.0405. The second-order valence-corrected chi connectivity index (χ2v) is 15.7. The van der Waals surface area contributed by atoms with Gasteiger partial charge in [0.2, 0.25) is 0 Å². The molecule has 2 N–H and O–H groups in total. The van der Waals surface area contributed by atoms with Crippen LogP contribution in [-0.4, -0.2) is 63.8 Å². The molecule has 16 atom stereocenters. The van der Waals surface area contributed by atoms with Crippen LogP contribution in [-0.2, 0) is 18.9 Å². The molecule has 0 unspecified atom stereocenters. The monoisotopic (exact) mass is 564 g/mol. The van der Waals surface area contributed by atoms with E-state index < -0.39 is 11.6 Å². The van der Waals surface area contributed by atoms with Crippen molar-refractivity contribution in [2.24, 2.45) is 71.0 Å². The van der Waals surface area contributed by atoms with Crippen molar-refractivity contribution in [1.82, 2.24) is 10.6 Å². The van der Waals surface area contributed by atoms with Gasteiger partial charge in [0, 0.05) is 23.7 Å². The molecule has 2 amide bonds. The van der Waals surface area contributed by atoms with Crippen LogP contribution in [0.15, 0.2) is 0 Å². The number of halogens is 2. The zero-order chi connectivity index (χ0) is 20.6. The topological polar surface area (TPSA) is 78.1 Å². The molecule has 0 aromatic carbocycles. The van der Waals surface area contributed by atoms with E-state index in [1.54, 1.807) is 0 Å². The highest BCUT2D eigenvalue weighted by atomic mass is 79.9. The largest absolute Gasteiger partial charge is 0.346 e. The second kappa shape index (κ2) is 3.88. The van der Waals surface area contributed by atoms with Crippen molar-refractivity contribution in [2.45, 2.75) is 31.3 Å². The predicted octanol–water partition coefficient (Wildman–Crippen LogP) is 1.05. The Balaban J connectivity index is 0.875. The van der Waals surface area contributed by atoms with Crippen molar-refractivity contribution in [3.63, 3.8) is 0 Å². The van der Waals surface area contributed by atoms with E-state index in [9.17, 15) is 4.79 Å². The summed E-state index contributed by atoms with van der Waals surface area (Å²) < 4.78 is 24.9. The third-order valence-corrected chi connectivity index (χ3v) is 16.6. The molecule has 14 rings (SSSR count). The van der Waals surface area contributed by atoms with Gasteiger partial charge in [-0.3, -0.25) is 0 Å². The fraction of sp³-hybridized carbons (Fsp3) is 0.957. The molecular weight excluding hydrogens is 544 g/mol. The smallest absolute Gasteiger partial charge is 0.315 e. The Bertz CT molecular complexity index is 1070. The lowest BCUT2D eigenvalue weighted by Gasteiger charge is -2.38. The Morgan fingerprint density at radius 1 is 0.625 bits per heavy atom. The number of carbonyl (C=O) groups excluding carboxylic acids is 1. The molecule has 7 nitrogen and oxygen atoms in total. The molecule has 0 radical (unpaired) electrons. The third kappa shape index (κ3) is 1.02. The van der Waals surface area contributed by atoms with Crippen molar-refractivity contribution in [1.29, 1.82) is 0 Å². The lowest BCUT2D eigenvalue weighted by atomic mass is 9.96. The lowest BCUT2D eigenvalue weighted by molar-refractivity contribution is -0.191. The van der Waals surface area contributed by atoms with Crippen LogP contribution >= 0.6 is 31.9 Å². The van der Waals surface area contributed by atoms with Gasteiger partial charge in [-0.15, -0.1) is 0 Å². The fourth-order valence-electron chi connectivity index (χ4n) is 13.7. The number of nitrogens with one attached hydrogen (secondary N) is 2. The number of hydrogen-bond acceptors (Lipinski definition) is 5. The van der Waals surface area contributed by atoms with Crippen molar-refractivity contribution in [2.75, 3.05) is 26.4 Å². The number of rotatable bonds is 2. The first-order valence-electron chi connectivity index (χ1n) is 12.5. The summed E-state index contributed by atoms with van der Waals surface area (Å²) >= 11 is 8.34. The molecule has 32 heavy (non-hydrogen) atoms. The molecule has 2 aliphatic heterocycles. The molecule has 2 heterocycles. The van der Waals surface area contributed by atoms with Gasteiger partial charge in [-0.1, -0.05) is 31.9 Å². The highest BCUT2D eigenvalue weighted by molar-refractivity contribution is 9.10. The van der Waals surface area contributed by atoms with Crippen LogP contribution < -0.4 is 10.6 Å². The molecule has 4 bridgehead atoms. The summed E-state index contributed by atoms with van der Waals surface area (Å²) in [5, 5.41) is 7.19. The van der Waals surface area contributed by atoms with Gasteiger partial charge < -0.3 is 29.6 Å². The van der Waals surface area contributed by atoms with Crippen LogP contribution in [0.2, 0.25) is 0 Å². The van der Waals surface area contributed by atoms with Gasteiger partial charge in [0.1, 0.15) is 0 Å². The summed E-state index contributed by atoms with van der Waals surface area (Å²) in [6.07, 6.45) is 0. The second-order valence-electron chi connectivity index (χ2n) is 13.0. The predicted molar refractivity (Wildman–Crippen MR) is 112 cm³/mol. The number of hydrogen-bond donors (Lipinski definition) is 2. The van der Waals surface area contributed by atoms with E-state index in [-0.39, 0.29) is 25.8 Å². The van der Waals surface area contributed by atoms with Gasteiger partial charge in [-0.2, -0.15) is 0 Å². The average molecular weight is 566 g/mol. The van der Waals surface area contributed by atoms with Crippen LogP contribution in [0.3, 0.4) is 0 Å². The summed E-state index contributed by atoms with van der Waals surface area (Å²) in [7, 11) is 0. The molecule has 0 aromatic rings. The third-order valence-electron chi connectivity index (χ3n) is 13.4. The van der Waals surface area contributed by atoms with Crippen LogP contribution in [0.5, 0.6) is 0 Å². The quantitative estimate of drug-likeness (QED) is 0.489. The average Bonchev–Trinajstić information content (AvgIpc) is 3.65. The zero-order valence-corrected chi connectivity index (χ0v) is 20.2. The van der Waals surface area contributed by atoms with Gasteiger partial charge in [0.25, 0.3) is 0 Å². The normalized spacial score (nSPS) is 77.8. The number of ether oxygens (including phenoxy) is 4. The van der Waals surface area contributed by atoms with Gasteiger partial charge >= 0.3 is 6.03 Å². The molecule has 12 aliphatic carbocycles. The van der Waals surface area contributed by atoms with Crippen molar-refractivity contribution in [3.05, 3.63) is 0 Å². The fourth-order valence-corrected chi connectivity index (χ4v) is 17.2. The van der Waals surface area contributed by atoms with Gasteiger partial charge in [-0.05, 0) is 47.3 Å². The number of urea groups is 1.